The van der Waals surface area contributed by atoms with E-state index in [0.717, 1.165) is 12.0 Å². The Labute approximate surface area is 229 Å². The largest absolute Gasteiger partial charge is 0.602 e. The van der Waals surface area contributed by atoms with Crippen molar-refractivity contribution in [3.05, 3.63) is 60.2 Å². The fourth-order valence-corrected chi connectivity index (χ4v) is 5.34. The average molecular weight is 534 g/mol. The van der Waals surface area contributed by atoms with E-state index in [4.69, 9.17) is 9.31 Å². The van der Waals surface area contributed by atoms with E-state index >= 15 is 0 Å². The number of Topliss-reactive ketones (excluding diaryl/α,β-unsaturated/α-hetero) is 1. The van der Waals surface area contributed by atoms with E-state index in [2.05, 4.69) is 15.3 Å². The molecule has 1 N–H and O–H groups in total. The van der Waals surface area contributed by atoms with Gasteiger partial charge in [0.1, 0.15) is 17.8 Å². The van der Waals surface area contributed by atoms with E-state index in [1.54, 1.807) is 11.9 Å². The molecule has 39 heavy (non-hydrogen) atoms. The van der Waals surface area contributed by atoms with Crippen molar-refractivity contribution in [1.29, 1.82) is 0 Å². The first-order valence-corrected chi connectivity index (χ1v) is 13.5. The van der Waals surface area contributed by atoms with Crippen LogP contribution in [0, 0.1) is 5.92 Å². The molecule has 2 bridgehead atoms. The molecule has 0 radical (unpaired) electrons. The van der Waals surface area contributed by atoms with Crippen LogP contribution in [0.2, 0.25) is 5.82 Å². The molecule has 3 heterocycles. The van der Waals surface area contributed by atoms with Gasteiger partial charge in [-0.2, -0.15) is 0 Å². The third kappa shape index (κ3) is 7.29. The minimum Gasteiger partial charge on any atom is -0.498 e. The van der Waals surface area contributed by atoms with Gasteiger partial charge in [-0.1, -0.05) is 44.2 Å². The maximum absolute atomic E-state index is 13.8. The van der Waals surface area contributed by atoms with Crippen LogP contribution in [0.5, 0.6) is 0 Å². The first-order valence-electron chi connectivity index (χ1n) is 13.5. The van der Waals surface area contributed by atoms with Gasteiger partial charge in [0.05, 0.1) is 12.2 Å². The number of amides is 1. The van der Waals surface area contributed by atoms with Crippen molar-refractivity contribution in [3.8, 4) is 0 Å². The van der Waals surface area contributed by atoms with Gasteiger partial charge in [0.15, 0.2) is 5.78 Å². The Morgan fingerprint density at radius 2 is 1.74 bits per heavy atom. The zero-order chi connectivity index (χ0) is 27.9. The maximum atomic E-state index is 13.8. The van der Waals surface area contributed by atoms with E-state index in [1.807, 2.05) is 44.2 Å². The van der Waals surface area contributed by atoms with Gasteiger partial charge in [-0.25, -0.2) is 4.98 Å². The summed E-state index contributed by atoms with van der Waals surface area (Å²) in [6.45, 7) is 3.98. The number of aromatic nitrogens is 2. The van der Waals surface area contributed by atoms with Crippen molar-refractivity contribution in [3.63, 3.8) is 0 Å². The quantitative estimate of drug-likeness (QED) is 0.458. The number of nitrogens with zero attached hydrogens (tertiary/aromatic N) is 3. The highest BCUT2D eigenvalue weighted by Crippen LogP contribution is 2.32. The molecule has 4 atom stereocenters. The van der Waals surface area contributed by atoms with Gasteiger partial charge in [-0.3, -0.25) is 29.1 Å². The second-order valence-corrected chi connectivity index (χ2v) is 10.7. The number of hydrogen-bond acceptors (Lipinski definition) is 9. The average Bonchev–Trinajstić information content (AvgIpc) is 2.92. The van der Waals surface area contributed by atoms with Gasteiger partial charge in [-0.05, 0) is 50.6 Å². The SMILES string of the molecule is CC(C)C[C@H](CC(=O)[C@H](Cc1ccccc1)NC(=O)c1cnccn1)B1OC(=O)[C@@H]2CCC[C@@H](C(=O)O1)N2C. The number of hydrogen-bond donors (Lipinski definition) is 1. The molecule has 10 nitrogen and oxygen atoms in total. The monoisotopic (exact) mass is 534 g/mol. The molecule has 0 saturated carbocycles. The first-order chi connectivity index (χ1) is 18.7. The van der Waals surface area contributed by atoms with Gasteiger partial charge in [0.2, 0.25) is 0 Å². The third-order valence-corrected chi connectivity index (χ3v) is 7.34. The topological polar surface area (TPSA) is 128 Å². The third-order valence-electron chi connectivity index (χ3n) is 7.34. The second kappa shape index (κ2) is 13.0. The molecule has 1 aromatic heterocycles. The van der Waals surface area contributed by atoms with Gasteiger partial charge in [-0.15, -0.1) is 0 Å². The number of benzene rings is 1. The van der Waals surface area contributed by atoms with Crippen molar-refractivity contribution < 1.29 is 28.5 Å². The van der Waals surface area contributed by atoms with Gasteiger partial charge in [0.25, 0.3) is 5.91 Å². The predicted molar refractivity (Wildman–Crippen MR) is 143 cm³/mol. The highest BCUT2D eigenvalue weighted by Gasteiger charge is 2.48. The molecule has 4 rings (SSSR count). The van der Waals surface area contributed by atoms with Gasteiger partial charge < -0.3 is 14.6 Å². The Bertz CT molecular complexity index is 1140. The highest BCUT2D eigenvalue weighted by atomic mass is 16.6. The van der Waals surface area contributed by atoms with E-state index in [-0.39, 0.29) is 30.2 Å². The molecule has 2 aliphatic heterocycles. The van der Waals surface area contributed by atoms with Crippen LogP contribution < -0.4 is 5.32 Å². The summed E-state index contributed by atoms with van der Waals surface area (Å²) in [4.78, 5) is 62.5. The minimum absolute atomic E-state index is 0.0488. The summed E-state index contributed by atoms with van der Waals surface area (Å²) in [5.41, 5.74) is 0.969. The fourth-order valence-electron chi connectivity index (χ4n) is 5.34. The fraction of sp³-hybridized carbons (Fsp3) is 0.500. The van der Waals surface area contributed by atoms with E-state index in [9.17, 15) is 19.2 Å². The van der Waals surface area contributed by atoms with Crippen LogP contribution in [0.3, 0.4) is 0 Å². The lowest BCUT2D eigenvalue weighted by atomic mass is 9.64. The maximum Gasteiger partial charge on any atom is 0.602 e. The summed E-state index contributed by atoms with van der Waals surface area (Å²) in [6, 6.07) is 7.46. The Morgan fingerprint density at radius 1 is 1.08 bits per heavy atom. The lowest BCUT2D eigenvalue weighted by Crippen LogP contribution is -2.57. The molecule has 206 valence electrons. The number of carbonyl (C=O) groups excluding carboxylic acids is 4. The normalized spacial score (nSPS) is 21.3. The standard InChI is InChI=1S/C28H35BN4O6/c1-18(2)14-20(29-38-27(36)23-10-7-11-24(33(23)3)28(37)39-29)16-25(34)21(15-19-8-5-4-6-9-19)32-26(35)22-17-30-12-13-31-22/h4-6,8-9,12-13,17-18,20-21,23-24H,7,10-11,14-16H2,1-3H3,(H,32,35)/t20-,21+,23+,24+/m1/s1. The van der Waals surface area contributed by atoms with Crippen molar-refractivity contribution >= 4 is 30.7 Å². The number of ketones is 1. The van der Waals surface area contributed by atoms with Crippen LogP contribution in [0.25, 0.3) is 0 Å². The molecule has 0 spiro atoms. The zero-order valence-electron chi connectivity index (χ0n) is 22.6. The van der Waals surface area contributed by atoms with Crippen molar-refractivity contribution in [2.75, 3.05) is 7.05 Å². The van der Waals surface area contributed by atoms with Crippen LogP contribution >= 0.6 is 0 Å². The summed E-state index contributed by atoms with van der Waals surface area (Å²) < 4.78 is 11.5. The van der Waals surface area contributed by atoms with Crippen molar-refractivity contribution in [1.82, 2.24) is 20.2 Å². The summed E-state index contributed by atoms with van der Waals surface area (Å²) in [5, 5.41) is 2.81. The number of fused-ring (bicyclic) bond motifs is 2. The Kier molecular flexibility index (Phi) is 9.45. The number of nitrogens with one attached hydrogen (secondary N) is 1. The van der Waals surface area contributed by atoms with E-state index in [0.29, 0.717) is 19.3 Å². The molecule has 2 aromatic rings. The molecule has 1 amide bonds. The van der Waals surface area contributed by atoms with E-state index < -0.39 is 48.9 Å². The molecule has 2 aliphatic rings. The summed E-state index contributed by atoms with van der Waals surface area (Å²) in [6.07, 6.45) is 6.84. The number of carbonyl (C=O) groups is 4. The van der Waals surface area contributed by atoms with Crippen LogP contribution in [0.1, 0.15) is 62.0 Å². The Morgan fingerprint density at radius 3 is 2.33 bits per heavy atom. The summed E-state index contributed by atoms with van der Waals surface area (Å²) in [7, 11) is 0.557. The molecule has 0 aliphatic carbocycles. The minimum atomic E-state index is -1.18. The molecule has 2 fully saturated rings. The van der Waals surface area contributed by atoms with Gasteiger partial charge >= 0.3 is 19.1 Å². The molecule has 1 aromatic carbocycles. The van der Waals surface area contributed by atoms with E-state index in [1.165, 1.54) is 18.6 Å². The number of likely N-dealkylation sites (N-methyl/N-ethyl adjacent to an activating group) is 1. The van der Waals surface area contributed by atoms with Crippen LogP contribution in [0.15, 0.2) is 48.9 Å². The zero-order valence-corrected chi connectivity index (χ0v) is 22.6. The smallest absolute Gasteiger partial charge is 0.498 e. The predicted octanol–water partition coefficient (Wildman–Crippen LogP) is 2.63. The number of piperidine rings is 1. The van der Waals surface area contributed by atoms with Crippen molar-refractivity contribution in [2.45, 2.75) is 76.3 Å². The second-order valence-electron chi connectivity index (χ2n) is 10.7. The lowest BCUT2D eigenvalue weighted by Gasteiger charge is -2.40. The Balaban J connectivity index is 1.56. The molecule has 2 saturated heterocycles. The molecular weight excluding hydrogens is 499 g/mol. The number of rotatable bonds is 10. The summed E-state index contributed by atoms with van der Waals surface area (Å²) >= 11 is 0. The van der Waals surface area contributed by atoms with Crippen molar-refractivity contribution in [2.24, 2.45) is 5.92 Å². The molecular formula is C28H35BN4O6. The molecule has 0 unspecified atom stereocenters. The van der Waals surface area contributed by atoms with Crippen LogP contribution in [0.4, 0.5) is 0 Å². The summed E-state index contributed by atoms with van der Waals surface area (Å²) in [5.74, 6) is -2.10. The lowest BCUT2D eigenvalue weighted by molar-refractivity contribution is -0.157. The Hall–Kier alpha value is -3.60. The molecule has 11 heteroatoms. The first kappa shape index (κ1) is 28.4. The highest BCUT2D eigenvalue weighted by molar-refractivity contribution is 6.51. The van der Waals surface area contributed by atoms with Gasteiger partial charge in [0, 0.05) is 24.6 Å². The van der Waals surface area contributed by atoms with Crippen LogP contribution in [-0.2, 0) is 30.1 Å². The van der Waals surface area contributed by atoms with Crippen LogP contribution in [-0.4, -0.2) is 70.8 Å².